The SMILES string of the molecule is CN(C)C(=O)N1CC[C@]2(C[C@H]2C(=O)NCc2cccs2)C1. The molecule has 21 heavy (non-hydrogen) atoms. The largest absolute Gasteiger partial charge is 0.351 e. The quantitative estimate of drug-likeness (QED) is 0.925. The number of hydrogen-bond acceptors (Lipinski definition) is 3. The van der Waals surface area contributed by atoms with Gasteiger partial charge in [-0.1, -0.05) is 6.07 Å². The molecule has 2 aliphatic rings. The smallest absolute Gasteiger partial charge is 0.319 e. The number of hydrogen-bond donors (Lipinski definition) is 1. The Morgan fingerprint density at radius 3 is 3.00 bits per heavy atom. The van der Waals surface area contributed by atoms with Crippen molar-refractivity contribution in [1.82, 2.24) is 15.1 Å². The molecule has 1 aromatic rings. The summed E-state index contributed by atoms with van der Waals surface area (Å²) in [4.78, 5) is 28.9. The minimum Gasteiger partial charge on any atom is -0.351 e. The number of thiophene rings is 1. The third-order valence-electron chi connectivity index (χ3n) is 4.56. The van der Waals surface area contributed by atoms with Crippen LogP contribution in [0.5, 0.6) is 0 Å². The van der Waals surface area contributed by atoms with E-state index in [1.165, 1.54) is 4.88 Å². The van der Waals surface area contributed by atoms with E-state index < -0.39 is 0 Å². The van der Waals surface area contributed by atoms with Crippen molar-refractivity contribution in [2.45, 2.75) is 19.4 Å². The summed E-state index contributed by atoms with van der Waals surface area (Å²) in [6.07, 6.45) is 1.87. The van der Waals surface area contributed by atoms with Crippen LogP contribution in [0.25, 0.3) is 0 Å². The van der Waals surface area contributed by atoms with E-state index in [-0.39, 0.29) is 23.3 Å². The molecule has 1 aliphatic heterocycles. The molecule has 6 heteroatoms. The highest BCUT2D eigenvalue weighted by Gasteiger charge is 2.61. The molecule has 0 bridgehead atoms. The van der Waals surface area contributed by atoms with Gasteiger partial charge < -0.3 is 15.1 Å². The topological polar surface area (TPSA) is 52.7 Å². The number of nitrogens with zero attached hydrogens (tertiary/aromatic N) is 2. The van der Waals surface area contributed by atoms with Crippen LogP contribution in [0, 0.1) is 11.3 Å². The molecule has 1 aromatic heterocycles. The van der Waals surface area contributed by atoms with Gasteiger partial charge >= 0.3 is 6.03 Å². The molecule has 1 N–H and O–H groups in total. The highest BCUT2D eigenvalue weighted by atomic mass is 32.1. The molecule has 1 saturated heterocycles. The lowest BCUT2D eigenvalue weighted by Crippen LogP contribution is -2.38. The second kappa shape index (κ2) is 5.33. The first-order chi connectivity index (χ1) is 10.0. The average Bonchev–Trinajstić information content (AvgIpc) is 2.83. The predicted octanol–water partition coefficient (Wildman–Crippen LogP) is 1.76. The van der Waals surface area contributed by atoms with Gasteiger partial charge in [0.1, 0.15) is 0 Å². The Balaban J connectivity index is 1.51. The van der Waals surface area contributed by atoms with Crippen LogP contribution in [-0.2, 0) is 11.3 Å². The molecule has 0 unspecified atom stereocenters. The number of nitrogens with one attached hydrogen (secondary N) is 1. The Hall–Kier alpha value is -1.56. The van der Waals surface area contributed by atoms with Crippen molar-refractivity contribution in [3.63, 3.8) is 0 Å². The van der Waals surface area contributed by atoms with E-state index in [0.29, 0.717) is 6.54 Å². The molecule has 1 aliphatic carbocycles. The molecule has 1 saturated carbocycles. The summed E-state index contributed by atoms with van der Waals surface area (Å²) in [6.45, 7) is 2.11. The third kappa shape index (κ3) is 2.77. The Labute approximate surface area is 128 Å². The van der Waals surface area contributed by atoms with E-state index in [2.05, 4.69) is 5.32 Å². The predicted molar refractivity (Wildman–Crippen MR) is 82.0 cm³/mol. The number of likely N-dealkylation sites (tertiary alicyclic amines) is 1. The third-order valence-corrected chi connectivity index (χ3v) is 5.44. The lowest BCUT2D eigenvalue weighted by Gasteiger charge is -2.21. The zero-order valence-electron chi connectivity index (χ0n) is 12.5. The van der Waals surface area contributed by atoms with Crippen molar-refractivity contribution in [1.29, 1.82) is 0 Å². The zero-order valence-corrected chi connectivity index (χ0v) is 13.3. The molecule has 2 heterocycles. The molecule has 0 radical (unpaired) electrons. The van der Waals surface area contributed by atoms with E-state index >= 15 is 0 Å². The fraction of sp³-hybridized carbons (Fsp3) is 0.600. The van der Waals surface area contributed by atoms with Gasteiger partial charge in [-0.25, -0.2) is 4.79 Å². The fourth-order valence-electron chi connectivity index (χ4n) is 3.22. The Bertz CT molecular complexity index is 543. The van der Waals surface area contributed by atoms with Crippen molar-refractivity contribution in [2.24, 2.45) is 11.3 Å². The van der Waals surface area contributed by atoms with Crippen LogP contribution in [-0.4, -0.2) is 48.9 Å². The Morgan fingerprint density at radius 1 is 1.52 bits per heavy atom. The van der Waals surface area contributed by atoms with Crippen LogP contribution in [0.1, 0.15) is 17.7 Å². The number of urea groups is 1. The van der Waals surface area contributed by atoms with E-state index in [9.17, 15) is 9.59 Å². The molecule has 114 valence electrons. The molecule has 2 fully saturated rings. The number of amides is 3. The van der Waals surface area contributed by atoms with Gasteiger partial charge in [0.25, 0.3) is 0 Å². The van der Waals surface area contributed by atoms with Gasteiger partial charge in [-0.3, -0.25) is 4.79 Å². The molecular weight excluding hydrogens is 286 g/mol. The second-order valence-electron chi connectivity index (χ2n) is 6.26. The molecule has 5 nitrogen and oxygen atoms in total. The van der Waals surface area contributed by atoms with Crippen molar-refractivity contribution in [2.75, 3.05) is 27.2 Å². The maximum atomic E-state index is 12.3. The maximum Gasteiger partial charge on any atom is 0.319 e. The van der Waals surface area contributed by atoms with Crippen molar-refractivity contribution < 1.29 is 9.59 Å². The van der Waals surface area contributed by atoms with E-state index in [0.717, 1.165) is 25.9 Å². The summed E-state index contributed by atoms with van der Waals surface area (Å²) in [5.74, 6) is 0.222. The molecule has 0 aromatic carbocycles. The zero-order chi connectivity index (χ0) is 15.0. The van der Waals surface area contributed by atoms with Crippen LogP contribution in [0.4, 0.5) is 4.79 Å². The van der Waals surface area contributed by atoms with Gasteiger partial charge in [-0.15, -0.1) is 11.3 Å². The number of carbonyl (C=O) groups excluding carboxylic acids is 2. The Kier molecular flexibility index (Phi) is 3.65. The Morgan fingerprint density at radius 2 is 2.33 bits per heavy atom. The summed E-state index contributed by atoms with van der Waals surface area (Å²) in [6, 6.07) is 4.07. The summed E-state index contributed by atoms with van der Waals surface area (Å²) in [5.41, 5.74) is 0.0468. The van der Waals surface area contributed by atoms with E-state index in [1.54, 1.807) is 30.3 Å². The summed E-state index contributed by atoms with van der Waals surface area (Å²) >= 11 is 1.66. The van der Waals surface area contributed by atoms with Gasteiger partial charge in [0.2, 0.25) is 5.91 Å². The van der Waals surface area contributed by atoms with Crippen molar-refractivity contribution in [3.05, 3.63) is 22.4 Å². The minimum atomic E-state index is 0.0468. The van der Waals surface area contributed by atoms with Crippen molar-refractivity contribution >= 4 is 23.3 Å². The molecular formula is C15H21N3O2S. The first kappa shape index (κ1) is 14.4. The molecule has 2 atom stereocenters. The average molecular weight is 307 g/mol. The van der Waals surface area contributed by atoms with Crippen LogP contribution in [0.3, 0.4) is 0 Å². The number of rotatable bonds is 3. The standard InChI is InChI=1S/C15H21N3O2S/c1-17(2)14(20)18-6-5-15(10-18)8-12(15)13(19)16-9-11-4-3-7-21-11/h3-4,7,12H,5-6,8-10H2,1-2H3,(H,16,19)/t12-,15-/m0/s1. The van der Waals surface area contributed by atoms with Crippen LogP contribution < -0.4 is 5.32 Å². The normalized spacial score (nSPS) is 27.0. The maximum absolute atomic E-state index is 12.3. The highest BCUT2D eigenvalue weighted by molar-refractivity contribution is 7.09. The summed E-state index contributed by atoms with van der Waals surface area (Å²) < 4.78 is 0. The highest BCUT2D eigenvalue weighted by Crippen LogP contribution is 2.58. The minimum absolute atomic E-state index is 0.0468. The first-order valence-corrected chi connectivity index (χ1v) is 8.16. The number of carbonyl (C=O) groups is 2. The van der Waals surface area contributed by atoms with E-state index in [1.807, 2.05) is 22.4 Å². The summed E-state index contributed by atoms with van der Waals surface area (Å²) in [5, 5.41) is 5.04. The van der Waals surface area contributed by atoms with Crippen molar-refractivity contribution in [3.8, 4) is 0 Å². The monoisotopic (exact) mass is 307 g/mol. The van der Waals surface area contributed by atoms with Crippen LogP contribution >= 0.6 is 11.3 Å². The fourth-order valence-corrected chi connectivity index (χ4v) is 3.87. The van der Waals surface area contributed by atoms with E-state index in [4.69, 9.17) is 0 Å². The summed E-state index contributed by atoms with van der Waals surface area (Å²) in [7, 11) is 3.54. The lowest BCUT2D eigenvalue weighted by molar-refractivity contribution is -0.123. The molecule has 3 rings (SSSR count). The second-order valence-corrected chi connectivity index (χ2v) is 7.30. The van der Waals surface area contributed by atoms with Gasteiger partial charge in [-0.05, 0) is 24.3 Å². The van der Waals surface area contributed by atoms with Gasteiger partial charge in [0.05, 0.1) is 6.54 Å². The van der Waals surface area contributed by atoms with Crippen LogP contribution in [0.15, 0.2) is 17.5 Å². The lowest BCUT2D eigenvalue weighted by atomic mass is 10.0. The van der Waals surface area contributed by atoms with Gasteiger partial charge in [-0.2, -0.15) is 0 Å². The molecule has 1 spiro atoms. The van der Waals surface area contributed by atoms with Gasteiger partial charge in [0.15, 0.2) is 0 Å². The van der Waals surface area contributed by atoms with Gasteiger partial charge in [0, 0.05) is 43.4 Å². The van der Waals surface area contributed by atoms with Crippen LogP contribution in [0.2, 0.25) is 0 Å². The molecule has 3 amide bonds. The first-order valence-electron chi connectivity index (χ1n) is 7.28.